The molecule has 1 atom stereocenters. The Bertz CT molecular complexity index is 909. The minimum Gasteiger partial charge on any atom is -0.467 e. The lowest BCUT2D eigenvalue weighted by Crippen LogP contribution is -2.27. The molecule has 0 saturated heterocycles. The smallest absolute Gasteiger partial charge is 0.277 e. The molecule has 2 aromatic heterocycles. The summed E-state index contributed by atoms with van der Waals surface area (Å²) in [6.45, 7) is 1.81. The standard InChI is InChI=1S/C16H14N4O5S/c1-10(13-6-3-7-24-13)17-14(21)9-26-16-19-18-15(25-16)11-4-2-5-12(8-11)20(22)23/h2-8,10H,9H2,1H3,(H,17,21)/t10-/m0/s1. The largest absolute Gasteiger partial charge is 0.467 e. The number of hydrogen-bond donors (Lipinski definition) is 1. The summed E-state index contributed by atoms with van der Waals surface area (Å²) in [6.07, 6.45) is 1.54. The lowest BCUT2D eigenvalue weighted by molar-refractivity contribution is -0.384. The highest BCUT2D eigenvalue weighted by atomic mass is 32.2. The highest BCUT2D eigenvalue weighted by Gasteiger charge is 2.16. The fraction of sp³-hybridized carbons (Fsp3) is 0.188. The summed E-state index contributed by atoms with van der Waals surface area (Å²) in [5.41, 5.74) is 0.371. The lowest BCUT2D eigenvalue weighted by Gasteiger charge is -2.10. The van der Waals surface area contributed by atoms with Crippen LogP contribution >= 0.6 is 11.8 Å². The van der Waals surface area contributed by atoms with E-state index in [1.807, 2.05) is 6.92 Å². The topological polar surface area (TPSA) is 124 Å². The lowest BCUT2D eigenvalue weighted by atomic mass is 10.2. The molecule has 0 aliphatic rings. The number of thioether (sulfide) groups is 1. The van der Waals surface area contributed by atoms with Gasteiger partial charge in [0.05, 0.1) is 23.0 Å². The maximum absolute atomic E-state index is 12.0. The van der Waals surface area contributed by atoms with Gasteiger partial charge in [0.1, 0.15) is 5.76 Å². The third-order valence-corrected chi connectivity index (χ3v) is 4.20. The second-order valence-corrected chi connectivity index (χ2v) is 6.20. The molecule has 0 saturated carbocycles. The SMILES string of the molecule is C[C@H](NC(=O)CSc1nnc(-c2cccc([N+](=O)[O-])c2)o1)c1ccco1. The molecule has 0 unspecified atom stereocenters. The number of rotatable bonds is 7. The van der Waals surface area contributed by atoms with Gasteiger partial charge in [-0.1, -0.05) is 17.8 Å². The molecule has 1 amide bonds. The van der Waals surface area contributed by atoms with Crippen molar-refractivity contribution in [3.63, 3.8) is 0 Å². The summed E-state index contributed by atoms with van der Waals surface area (Å²) in [4.78, 5) is 22.3. The van der Waals surface area contributed by atoms with Crippen LogP contribution in [0.15, 0.2) is 56.7 Å². The molecule has 26 heavy (non-hydrogen) atoms. The number of non-ortho nitro benzene ring substituents is 1. The number of nitro benzene ring substituents is 1. The molecular weight excluding hydrogens is 360 g/mol. The van der Waals surface area contributed by atoms with Crippen LogP contribution in [0.25, 0.3) is 11.5 Å². The van der Waals surface area contributed by atoms with E-state index in [-0.39, 0.29) is 34.5 Å². The second-order valence-electron chi connectivity index (χ2n) is 5.27. The predicted molar refractivity (Wildman–Crippen MR) is 92.4 cm³/mol. The molecule has 3 aromatic rings. The van der Waals surface area contributed by atoms with Crippen molar-refractivity contribution in [1.82, 2.24) is 15.5 Å². The van der Waals surface area contributed by atoms with Gasteiger partial charge in [0.15, 0.2) is 0 Å². The van der Waals surface area contributed by atoms with Crippen LogP contribution in [0.2, 0.25) is 0 Å². The van der Waals surface area contributed by atoms with Gasteiger partial charge in [-0.25, -0.2) is 0 Å². The van der Waals surface area contributed by atoms with E-state index < -0.39 is 4.92 Å². The number of nitro groups is 1. The number of hydrogen-bond acceptors (Lipinski definition) is 8. The predicted octanol–water partition coefficient (Wildman–Crippen LogP) is 3.21. The van der Waals surface area contributed by atoms with Crippen molar-refractivity contribution in [2.75, 3.05) is 5.75 Å². The van der Waals surface area contributed by atoms with Crippen molar-refractivity contribution in [1.29, 1.82) is 0 Å². The highest BCUT2D eigenvalue weighted by molar-refractivity contribution is 7.99. The zero-order valence-corrected chi connectivity index (χ0v) is 14.4. The van der Waals surface area contributed by atoms with Crippen LogP contribution in [0, 0.1) is 10.1 Å². The number of carbonyl (C=O) groups excluding carboxylic acids is 1. The van der Waals surface area contributed by atoms with Crippen molar-refractivity contribution in [2.24, 2.45) is 0 Å². The average molecular weight is 374 g/mol. The number of nitrogens with one attached hydrogen (secondary N) is 1. The van der Waals surface area contributed by atoms with Crippen LogP contribution in [0.5, 0.6) is 0 Å². The Kier molecular flexibility index (Phi) is 5.32. The first-order valence-electron chi connectivity index (χ1n) is 7.57. The molecule has 2 heterocycles. The fourth-order valence-electron chi connectivity index (χ4n) is 2.16. The molecular formula is C16H14N4O5S. The highest BCUT2D eigenvalue weighted by Crippen LogP contribution is 2.26. The summed E-state index contributed by atoms with van der Waals surface area (Å²) < 4.78 is 10.7. The first-order valence-corrected chi connectivity index (χ1v) is 8.55. The number of furan rings is 1. The van der Waals surface area contributed by atoms with Crippen LogP contribution in [0.1, 0.15) is 18.7 Å². The third kappa shape index (κ3) is 4.28. The minimum atomic E-state index is -0.500. The van der Waals surface area contributed by atoms with E-state index >= 15 is 0 Å². The van der Waals surface area contributed by atoms with Crippen molar-refractivity contribution < 1.29 is 18.6 Å². The van der Waals surface area contributed by atoms with Gasteiger partial charge in [-0.15, -0.1) is 10.2 Å². The summed E-state index contributed by atoms with van der Waals surface area (Å²) in [7, 11) is 0. The van der Waals surface area contributed by atoms with Gasteiger partial charge in [-0.05, 0) is 25.1 Å². The van der Waals surface area contributed by atoms with Crippen molar-refractivity contribution in [3.8, 4) is 11.5 Å². The summed E-state index contributed by atoms with van der Waals surface area (Å²) in [6, 6.07) is 9.17. The molecule has 0 fully saturated rings. The Hall–Kier alpha value is -3.14. The van der Waals surface area contributed by atoms with E-state index in [1.165, 1.54) is 18.2 Å². The summed E-state index contributed by atoms with van der Waals surface area (Å²) in [5, 5.41) is 21.5. The van der Waals surface area contributed by atoms with E-state index in [4.69, 9.17) is 8.83 Å². The van der Waals surface area contributed by atoms with Crippen molar-refractivity contribution in [2.45, 2.75) is 18.2 Å². The fourth-order valence-corrected chi connectivity index (χ4v) is 2.73. The minimum absolute atomic E-state index is 0.0683. The summed E-state index contributed by atoms with van der Waals surface area (Å²) >= 11 is 1.08. The molecule has 0 aliphatic carbocycles. The molecule has 9 nitrogen and oxygen atoms in total. The number of benzene rings is 1. The molecule has 0 spiro atoms. The van der Waals surface area contributed by atoms with E-state index in [0.29, 0.717) is 11.3 Å². The van der Waals surface area contributed by atoms with E-state index in [0.717, 1.165) is 11.8 Å². The second kappa shape index (κ2) is 7.83. The monoisotopic (exact) mass is 374 g/mol. The van der Waals surface area contributed by atoms with Gasteiger partial charge in [-0.3, -0.25) is 14.9 Å². The zero-order valence-electron chi connectivity index (χ0n) is 13.6. The molecule has 0 aliphatic heterocycles. The van der Waals surface area contributed by atoms with E-state index in [9.17, 15) is 14.9 Å². The molecule has 10 heteroatoms. The zero-order chi connectivity index (χ0) is 18.5. The quantitative estimate of drug-likeness (QED) is 0.380. The van der Waals surface area contributed by atoms with Crippen LogP contribution in [-0.4, -0.2) is 26.8 Å². The van der Waals surface area contributed by atoms with Gasteiger partial charge in [0, 0.05) is 17.7 Å². The number of amides is 1. The normalized spacial score (nSPS) is 11.9. The molecule has 3 rings (SSSR count). The van der Waals surface area contributed by atoms with Gasteiger partial charge >= 0.3 is 0 Å². The van der Waals surface area contributed by atoms with Crippen LogP contribution in [0.3, 0.4) is 0 Å². The molecule has 134 valence electrons. The average Bonchev–Trinajstić information content (AvgIpc) is 3.32. The maximum Gasteiger partial charge on any atom is 0.277 e. The Balaban J connectivity index is 1.58. The van der Waals surface area contributed by atoms with Crippen molar-refractivity contribution >= 4 is 23.4 Å². The first-order chi connectivity index (χ1) is 12.5. The molecule has 1 N–H and O–H groups in total. The molecule has 0 radical (unpaired) electrons. The Morgan fingerprint density at radius 1 is 1.35 bits per heavy atom. The van der Waals surface area contributed by atoms with Crippen LogP contribution in [0.4, 0.5) is 5.69 Å². The third-order valence-electron chi connectivity index (χ3n) is 3.38. The van der Waals surface area contributed by atoms with Gasteiger partial charge in [0.25, 0.3) is 10.9 Å². The Morgan fingerprint density at radius 3 is 2.92 bits per heavy atom. The number of aromatic nitrogens is 2. The van der Waals surface area contributed by atoms with E-state index in [1.54, 1.807) is 24.5 Å². The maximum atomic E-state index is 12.0. The van der Waals surface area contributed by atoms with Crippen molar-refractivity contribution in [3.05, 3.63) is 58.5 Å². The van der Waals surface area contributed by atoms with E-state index in [2.05, 4.69) is 15.5 Å². The number of carbonyl (C=O) groups is 1. The summed E-state index contributed by atoms with van der Waals surface area (Å²) in [5.74, 6) is 0.686. The van der Waals surface area contributed by atoms with Gasteiger partial charge in [-0.2, -0.15) is 0 Å². The van der Waals surface area contributed by atoms with Crippen LogP contribution < -0.4 is 5.32 Å². The Labute approximate surface area is 151 Å². The Morgan fingerprint density at radius 2 is 2.19 bits per heavy atom. The first kappa shape index (κ1) is 17.7. The van der Waals surface area contributed by atoms with Gasteiger partial charge in [0.2, 0.25) is 11.8 Å². The number of nitrogens with zero attached hydrogens (tertiary/aromatic N) is 3. The molecule has 1 aromatic carbocycles. The molecule has 0 bridgehead atoms. The van der Waals surface area contributed by atoms with Crippen LogP contribution in [-0.2, 0) is 4.79 Å². The van der Waals surface area contributed by atoms with Gasteiger partial charge < -0.3 is 14.2 Å².